The fourth-order valence-corrected chi connectivity index (χ4v) is 1.62. The van der Waals surface area contributed by atoms with Crippen molar-refractivity contribution in [2.45, 2.75) is 12.8 Å². The van der Waals surface area contributed by atoms with Crippen LogP contribution in [0.4, 0.5) is 14.5 Å². The van der Waals surface area contributed by atoms with E-state index in [-0.39, 0.29) is 13.0 Å². The highest BCUT2D eigenvalue weighted by Gasteiger charge is 2.13. The van der Waals surface area contributed by atoms with Crippen LogP contribution in [0.2, 0.25) is 0 Å². The molecule has 2 N–H and O–H groups in total. The van der Waals surface area contributed by atoms with Crippen LogP contribution in [-0.4, -0.2) is 42.0 Å². The van der Waals surface area contributed by atoms with Gasteiger partial charge in [0, 0.05) is 6.42 Å². The van der Waals surface area contributed by atoms with Crippen LogP contribution in [0.5, 0.6) is 0 Å². The monoisotopic (exact) mass is 286 g/mol. The van der Waals surface area contributed by atoms with Crippen LogP contribution in [0.15, 0.2) is 18.2 Å². The van der Waals surface area contributed by atoms with E-state index in [0.29, 0.717) is 13.0 Å². The maximum Gasteiger partial charge on any atom is 0.303 e. The summed E-state index contributed by atoms with van der Waals surface area (Å²) in [5, 5.41) is 10.6. The molecule has 0 aliphatic carbocycles. The molecule has 0 aliphatic heterocycles. The largest absolute Gasteiger partial charge is 0.481 e. The van der Waals surface area contributed by atoms with Crippen molar-refractivity contribution >= 4 is 17.6 Å². The Bertz CT molecular complexity index is 474. The standard InChI is InChI=1S/C13H16F2N2O3/c1-17(7-3-6-12(19)20)8-11(18)16-13-9(14)4-2-5-10(13)15/h2,4-5H,3,6-8H2,1H3,(H,16,18)(H,19,20). The first-order valence-corrected chi connectivity index (χ1v) is 6.04. The predicted molar refractivity (Wildman–Crippen MR) is 69.4 cm³/mol. The smallest absolute Gasteiger partial charge is 0.303 e. The van der Waals surface area contributed by atoms with Crippen LogP contribution in [0.25, 0.3) is 0 Å². The molecule has 1 rings (SSSR count). The lowest BCUT2D eigenvalue weighted by atomic mass is 10.2. The Morgan fingerprint density at radius 3 is 2.45 bits per heavy atom. The second-order valence-electron chi connectivity index (χ2n) is 4.38. The van der Waals surface area contributed by atoms with E-state index >= 15 is 0 Å². The number of hydrogen-bond donors (Lipinski definition) is 2. The summed E-state index contributed by atoms with van der Waals surface area (Å²) in [6.45, 7) is 0.326. The van der Waals surface area contributed by atoms with Gasteiger partial charge in [-0.2, -0.15) is 0 Å². The molecule has 5 nitrogen and oxygen atoms in total. The normalized spacial score (nSPS) is 10.6. The lowest BCUT2D eigenvalue weighted by Crippen LogP contribution is -2.31. The minimum Gasteiger partial charge on any atom is -0.481 e. The topological polar surface area (TPSA) is 69.6 Å². The SMILES string of the molecule is CN(CCCC(=O)O)CC(=O)Nc1c(F)cccc1F. The number of carbonyl (C=O) groups is 2. The highest BCUT2D eigenvalue weighted by atomic mass is 19.1. The molecule has 0 saturated heterocycles. The summed E-state index contributed by atoms with van der Waals surface area (Å²) >= 11 is 0. The predicted octanol–water partition coefficient (Wildman–Crippen LogP) is 1.70. The van der Waals surface area contributed by atoms with Crippen molar-refractivity contribution < 1.29 is 23.5 Å². The van der Waals surface area contributed by atoms with Gasteiger partial charge in [0.2, 0.25) is 5.91 Å². The van der Waals surface area contributed by atoms with Crippen LogP contribution in [-0.2, 0) is 9.59 Å². The zero-order valence-corrected chi connectivity index (χ0v) is 11.0. The molecule has 7 heteroatoms. The number of benzene rings is 1. The third-order valence-electron chi connectivity index (χ3n) is 2.57. The lowest BCUT2D eigenvalue weighted by Gasteiger charge is -2.16. The van der Waals surface area contributed by atoms with Crippen molar-refractivity contribution in [3.05, 3.63) is 29.8 Å². The molecule has 0 unspecified atom stereocenters. The van der Waals surface area contributed by atoms with Crippen molar-refractivity contribution in [1.82, 2.24) is 4.90 Å². The van der Waals surface area contributed by atoms with Crippen LogP contribution in [0.1, 0.15) is 12.8 Å². The molecule has 0 spiro atoms. The zero-order valence-electron chi connectivity index (χ0n) is 11.0. The third kappa shape index (κ3) is 5.31. The molecule has 1 amide bonds. The number of aliphatic carboxylic acids is 1. The van der Waals surface area contributed by atoms with Crippen molar-refractivity contribution in [2.75, 3.05) is 25.5 Å². The number of anilines is 1. The van der Waals surface area contributed by atoms with Crippen LogP contribution in [0, 0.1) is 11.6 Å². The average molecular weight is 286 g/mol. The Morgan fingerprint density at radius 1 is 1.30 bits per heavy atom. The molecule has 0 aliphatic rings. The van der Waals surface area contributed by atoms with Gasteiger partial charge in [-0.05, 0) is 32.1 Å². The molecule has 0 fully saturated rings. The third-order valence-corrected chi connectivity index (χ3v) is 2.57. The van der Waals surface area contributed by atoms with E-state index in [9.17, 15) is 18.4 Å². The van der Waals surface area contributed by atoms with Crippen molar-refractivity contribution in [2.24, 2.45) is 0 Å². The molecule has 20 heavy (non-hydrogen) atoms. The number of likely N-dealkylation sites (N-methyl/N-ethyl adjacent to an activating group) is 1. The first kappa shape index (κ1) is 16.0. The van der Waals surface area contributed by atoms with Gasteiger partial charge in [-0.15, -0.1) is 0 Å². The Labute approximate surface area is 115 Å². The molecule has 1 aromatic carbocycles. The van der Waals surface area contributed by atoms with Gasteiger partial charge in [0.1, 0.15) is 17.3 Å². The minimum atomic E-state index is -0.906. The molecule has 0 radical (unpaired) electrons. The molecule has 0 saturated carbocycles. The zero-order chi connectivity index (χ0) is 15.1. The Kier molecular flexibility index (Phi) is 6.05. The van der Waals surface area contributed by atoms with E-state index in [1.807, 2.05) is 0 Å². The first-order valence-electron chi connectivity index (χ1n) is 6.04. The molecule has 0 heterocycles. The summed E-state index contributed by atoms with van der Waals surface area (Å²) in [5.41, 5.74) is -0.476. The molecule has 0 aromatic heterocycles. The number of hydrogen-bond acceptors (Lipinski definition) is 3. The summed E-state index contributed by atoms with van der Waals surface area (Å²) in [6, 6.07) is 3.31. The number of carbonyl (C=O) groups excluding carboxylic acids is 1. The van der Waals surface area contributed by atoms with Gasteiger partial charge in [0.25, 0.3) is 0 Å². The quantitative estimate of drug-likeness (QED) is 0.800. The lowest BCUT2D eigenvalue weighted by molar-refractivity contribution is -0.137. The van der Waals surface area contributed by atoms with Crippen LogP contribution in [0.3, 0.4) is 0 Å². The van der Waals surface area contributed by atoms with Crippen molar-refractivity contribution in [3.8, 4) is 0 Å². The number of carboxylic acids is 1. The summed E-state index contributed by atoms with van der Waals surface area (Å²) < 4.78 is 26.6. The van der Waals surface area contributed by atoms with Gasteiger partial charge in [-0.3, -0.25) is 14.5 Å². The number of nitrogens with one attached hydrogen (secondary N) is 1. The molecular formula is C13H16F2N2O3. The molecule has 0 atom stereocenters. The number of carboxylic acid groups (broad SMARTS) is 1. The van der Waals surface area contributed by atoms with Crippen LogP contribution >= 0.6 is 0 Å². The summed E-state index contributed by atoms with van der Waals surface area (Å²) in [4.78, 5) is 23.5. The average Bonchev–Trinajstić information content (AvgIpc) is 2.33. The fraction of sp³-hybridized carbons (Fsp3) is 0.385. The maximum atomic E-state index is 13.3. The van der Waals surface area contributed by atoms with E-state index < -0.39 is 29.2 Å². The van der Waals surface area contributed by atoms with E-state index in [1.165, 1.54) is 6.07 Å². The Balaban J connectivity index is 2.45. The second kappa shape index (κ2) is 7.54. The van der Waals surface area contributed by atoms with E-state index in [4.69, 9.17) is 5.11 Å². The summed E-state index contributed by atoms with van der Waals surface area (Å²) in [6.07, 6.45) is 0.404. The van der Waals surface area contributed by atoms with E-state index in [0.717, 1.165) is 12.1 Å². The Morgan fingerprint density at radius 2 is 1.90 bits per heavy atom. The number of rotatable bonds is 7. The van der Waals surface area contributed by atoms with Gasteiger partial charge in [-0.25, -0.2) is 8.78 Å². The fourth-order valence-electron chi connectivity index (χ4n) is 1.62. The van der Waals surface area contributed by atoms with E-state index in [1.54, 1.807) is 11.9 Å². The second-order valence-corrected chi connectivity index (χ2v) is 4.38. The van der Waals surface area contributed by atoms with Gasteiger partial charge in [-0.1, -0.05) is 6.07 Å². The maximum absolute atomic E-state index is 13.3. The number of para-hydroxylation sites is 1. The molecular weight excluding hydrogens is 270 g/mol. The van der Waals surface area contributed by atoms with Gasteiger partial charge >= 0.3 is 5.97 Å². The van der Waals surface area contributed by atoms with Gasteiger partial charge in [0.05, 0.1) is 6.54 Å². The van der Waals surface area contributed by atoms with Gasteiger partial charge in [0.15, 0.2) is 0 Å². The number of nitrogens with zero attached hydrogens (tertiary/aromatic N) is 1. The van der Waals surface area contributed by atoms with Crippen molar-refractivity contribution in [3.63, 3.8) is 0 Å². The minimum absolute atomic E-state index is 0.00784. The highest BCUT2D eigenvalue weighted by Crippen LogP contribution is 2.17. The molecule has 0 bridgehead atoms. The van der Waals surface area contributed by atoms with Gasteiger partial charge < -0.3 is 10.4 Å². The Hall–Kier alpha value is -2.02. The summed E-state index contributed by atoms with van der Waals surface area (Å²) in [5.74, 6) is -3.15. The van der Waals surface area contributed by atoms with Crippen molar-refractivity contribution in [1.29, 1.82) is 0 Å². The van der Waals surface area contributed by atoms with E-state index in [2.05, 4.69) is 5.32 Å². The number of halogens is 2. The first-order chi connectivity index (χ1) is 9.40. The number of amides is 1. The molecule has 1 aromatic rings. The summed E-state index contributed by atoms with van der Waals surface area (Å²) in [7, 11) is 1.62. The molecule has 110 valence electrons. The highest BCUT2D eigenvalue weighted by molar-refractivity contribution is 5.92. The van der Waals surface area contributed by atoms with Crippen LogP contribution < -0.4 is 5.32 Å².